The second-order valence-corrected chi connectivity index (χ2v) is 7.79. The first-order valence-corrected chi connectivity index (χ1v) is 9.14. The number of ether oxygens (including phenoxy) is 1. The molecule has 0 aromatic heterocycles. The molecule has 1 spiro atoms. The zero-order valence-corrected chi connectivity index (χ0v) is 15.2. The molecule has 2 atom stereocenters. The van der Waals surface area contributed by atoms with Gasteiger partial charge in [-0.3, -0.25) is 0 Å². The van der Waals surface area contributed by atoms with Crippen molar-refractivity contribution in [2.45, 2.75) is 51.2 Å². The van der Waals surface area contributed by atoms with E-state index in [0.717, 1.165) is 23.2 Å². The second kappa shape index (κ2) is 6.27. The molecule has 0 aliphatic heterocycles. The molecule has 2 saturated carbocycles. The number of anilines is 1. The lowest BCUT2D eigenvalue weighted by atomic mass is 9.60. The first-order chi connectivity index (χ1) is 10.1. The number of halogens is 3. The summed E-state index contributed by atoms with van der Waals surface area (Å²) in [5.74, 6) is 0. The van der Waals surface area contributed by atoms with Crippen LogP contribution in [-0.2, 0) is 4.74 Å². The molecular weight excluding hydrogens is 373 g/mol. The van der Waals surface area contributed by atoms with Crippen LogP contribution in [0.15, 0.2) is 16.6 Å². The molecule has 0 saturated heterocycles. The fourth-order valence-electron chi connectivity index (χ4n) is 3.94. The van der Waals surface area contributed by atoms with Crippen molar-refractivity contribution in [3.63, 3.8) is 0 Å². The molecule has 0 amide bonds. The minimum absolute atomic E-state index is 0.274. The van der Waals surface area contributed by atoms with Gasteiger partial charge in [0.2, 0.25) is 0 Å². The van der Waals surface area contributed by atoms with Crippen LogP contribution in [-0.4, -0.2) is 18.8 Å². The standard InChI is InChI=1S/C16H20BrCl2NO/c1-2-21-14-9-13(16(14)5-3-4-6-16)20-15-11(18)7-10(17)8-12(15)19/h7-8,13-14,20H,2-6,9H2,1H3. The van der Waals surface area contributed by atoms with Gasteiger partial charge >= 0.3 is 0 Å². The molecule has 116 valence electrons. The van der Waals surface area contributed by atoms with E-state index in [0.29, 0.717) is 22.2 Å². The molecule has 0 radical (unpaired) electrons. The molecule has 2 aliphatic carbocycles. The largest absolute Gasteiger partial charge is 0.379 e. The molecule has 3 rings (SSSR count). The highest BCUT2D eigenvalue weighted by Crippen LogP contribution is 2.56. The topological polar surface area (TPSA) is 21.3 Å². The summed E-state index contributed by atoms with van der Waals surface area (Å²) in [6.45, 7) is 2.87. The third-order valence-electron chi connectivity index (χ3n) is 5.01. The molecule has 2 fully saturated rings. The molecule has 5 heteroatoms. The molecular formula is C16H20BrCl2NO. The van der Waals surface area contributed by atoms with Crippen LogP contribution in [0.4, 0.5) is 5.69 Å². The summed E-state index contributed by atoms with van der Waals surface area (Å²) in [4.78, 5) is 0. The molecule has 2 nitrogen and oxygen atoms in total. The van der Waals surface area contributed by atoms with E-state index in [1.807, 2.05) is 12.1 Å². The number of hydrogen-bond donors (Lipinski definition) is 1. The lowest BCUT2D eigenvalue weighted by Gasteiger charge is -2.54. The fourth-order valence-corrected chi connectivity index (χ4v) is 5.26. The number of rotatable bonds is 4. The molecule has 0 bridgehead atoms. The van der Waals surface area contributed by atoms with Gasteiger partial charge in [-0.05, 0) is 38.3 Å². The highest BCUT2D eigenvalue weighted by atomic mass is 79.9. The van der Waals surface area contributed by atoms with Crippen LogP contribution in [0.3, 0.4) is 0 Å². The average Bonchev–Trinajstić information content (AvgIpc) is 2.92. The average molecular weight is 393 g/mol. The summed E-state index contributed by atoms with van der Waals surface area (Å²) < 4.78 is 6.85. The van der Waals surface area contributed by atoms with Gasteiger partial charge in [0.15, 0.2) is 0 Å². The smallest absolute Gasteiger partial charge is 0.0722 e. The van der Waals surface area contributed by atoms with Gasteiger partial charge in [0.05, 0.1) is 21.8 Å². The van der Waals surface area contributed by atoms with Crippen LogP contribution in [0, 0.1) is 5.41 Å². The van der Waals surface area contributed by atoms with Gasteiger partial charge in [0, 0.05) is 22.5 Å². The van der Waals surface area contributed by atoms with Gasteiger partial charge in [-0.15, -0.1) is 0 Å². The Hall–Kier alpha value is 0.0400. The van der Waals surface area contributed by atoms with Crippen molar-refractivity contribution in [3.05, 3.63) is 26.7 Å². The van der Waals surface area contributed by atoms with Crippen molar-refractivity contribution in [2.75, 3.05) is 11.9 Å². The van der Waals surface area contributed by atoms with Crippen molar-refractivity contribution in [2.24, 2.45) is 5.41 Å². The van der Waals surface area contributed by atoms with Gasteiger partial charge in [0.1, 0.15) is 0 Å². The Morgan fingerprint density at radius 2 is 1.90 bits per heavy atom. The highest BCUT2D eigenvalue weighted by Gasteiger charge is 2.56. The van der Waals surface area contributed by atoms with Gasteiger partial charge in [-0.25, -0.2) is 0 Å². The van der Waals surface area contributed by atoms with E-state index in [-0.39, 0.29) is 5.41 Å². The number of benzene rings is 1. The van der Waals surface area contributed by atoms with Crippen LogP contribution < -0.4 is 5.32 Å². The monoisotopic (exact) mass is 391 g/mol. The van der Waals surface area contributed by atoms with E-state index in [1.54, 1.807) is 0 Å². The summed E-state index contributed by atoms with van der Waals surface area (Å²) in [5, 5.41) is 4.94. The van der Waals surface area contributed by atoms with Crippen molar-refractivity contribution in [1.29, 1.82) is 0 Å². The summed E-state index contributed by atoms with van der Waals surface area (Å²) in [5.41, 5.74) is 1.13. The maximum atomic E-state index is 6.34. The van der Waals surface area contributed by atoms with E-state index in [2.05, 4.69) is 28.2 Å². The summed E-state index contributed by atoms with van der Waals surface area (Å²) in [7, 11) is 0. The van der Waals surface area contributed by atoms with E-state index >= 15 is 0 Å². The summed E-state index contributed by atoms with van der Waals surface area (Å²) >= 11 is 16.1. The SMILES string of the molecule is CCOC1CC(Nc2c(Cl)cc(Br)cc2Cl)C12CCCC2. The Labute approximate surface area is 144 Å². The Kier molecular flexibility index (Phi) is 4.75. The third-order valence-corrected chi connectivity index (χ3v) is 6.07. The van der Waals surface area contributed by atoms with Crippen LogP contribution >= 0.6 is 39.1 Å². The molecule has 1 N–H and O–H groups in total. The quantitative estimate of drug-likeness (QED) is 0.687. The van der Waals surface area contributed by atoms with E-state index in [4.69, 9.17) is 27.9 Å². The predicted octanol–water partition coefficient (Wildman–Crippen LogP) is 5.91. The lowest BCUT2D eigenvalue weighted by molar-refractivity contribution is -0.114. The van der Waals surface area contributed by atoms with Gasteiger partial charge in [0.25, 0.3) is 0 Å². The molecule has 0 heterocycles. The van der Waals surface area contributed by atoms with Crippen molar-refractivity contribution < 1.29 is 4.74 Å². The Bertz CT molecular complexity index is 508. The van der Waals surface area contributed by atoms with Gasteiger partial charge < -0.3 is 10.1 Å². The zero-order chi connectivity index (χ0) is 15.0. The maximum absolute atomic E-state index is 6.34. The van der Waals surface area contributed by atoms with E-state index < -0.39 is 0 Å². The number of hydrogen-bond acceptors (Lipinski definition) is 2. The Morgan fingerprint density at radius 3 is 2.48 bits per heavy atom. The lowest BCUT2D eigenvalue weighted by Crippen LogP contribution is -2.60. The number of nitrogens with one attached hydrogen (secondary N) is 1. The van der Waals surface area contributed by atoms with E-state index in [9.17, 15) is 0 Å². The molecule has 2 unspecified atom stereocenters. The van der Waals surface area contributed by atoms with Crippen LogP contribution in [0.2, 0.25) is 10.0 Å². The van der Waals surface area contributed by atoms with Gasteiger partial charge in [-0.1, -0.05) is 52.0 Å². The highest BCUT2D eigenvalue weighted by molar-refractivity contribution is 9.10. The van der Waals surface area contributed by atoms with Crippen LogP contribution in [0.1, 0.15) is 39.0 Å². The molecule has 21 heavy (non-hydrogen) atoms. The zero-order valence-electron chi connectivity index (χ0n) is 12.1. The minimum atomic E-state index is 0.274. The van der Waals surface area contributed by atoms with Crippen molar-refractivity contribution >= 4 is 44.8 Å². The Morgan fingerprint density at radius 1 is 1.29 bits per heavy atom. The Balaban J connectivity index is 1.80. The third kappa shape index (κ3) is 2.83. The molecule has 1 aromatic carbocycles. The maximum Gasteiger partial charge on any atom is 0.0722 e. The summed E-state index contributed by atoms with van der Waals surface area (Å²) in [6.07, 6.45) is 6.49. The van der Waals surface area contributed by atoms with E-state index in [1.165, 1.54) is 25.7 Å². The molecule has 2 aliphatic rings. The summed E-state index contributed by atoms with van der Waals surface area (Å²) in [6, 6.07) is 4.18. The first-order valence-electron chi connectivity index (χ1n) is 7.59. The van der Waals surface area contributed by atoms with Crippen molar-refractivity contribution in [1.82, 2.24) is 0 Å². The minimum Gasteiger partial charge on any atom is -0.379 e. The predicted molar refractivity (Wildman–Crippen MR) is 92.5 cm³/mol. The fraction of sp³-hybridized carbons (Fsp3) is 0.625. The van der Waals surface area contributed by atoms with Crippen molar-refractivity contribution in [3.8, 4) is 0 Å². The second-order valence-electron chi connectivity index (χ2n) is 6.06. The van der Waals surface area contributed by atoms with Crippen LogP contribution in [0.5, 0.6) is 0 Å². The molecule has 1 aromatic rings. The van der Waals surface area contributed by atoms with Gasteiger partial charge in [-0.2, -0.15) is 0 Å². The van der Waals surface area contributed by atoms with Crippen LogP contribution in [0.25, 0.3) is 0 Å². The normalized spacial score (nSPS) is 26.9. The first kappa shape index (κ1) is 15.9.